The Morgan fingerprint density at radius 3 is 2.48 bits per heavy atom. The quantitative estimate of drug-likeness (QED) is 0.444. The molecule has 0 radical (unpaired) electrons. The number of carbonyl (C=O) groups is 1. The number of methoxy groups -OCH3 is 1. The lowest BCUT2D eigenvalue weighted by Crippen LogP contribution is -2.39. The topological polar surface area (TPSA) is 72.9 Å². The number of nitrogens with zero attached hydrogens (tertiary/aromatic N) is 1. The molecule has 0 bridgehead atoms. The van der Waals surface area contributed by atoms with Gasteiger partial charge in [-0.05, 0) is 49.4 Å². The first kappa shape index (κ1) is 21.8. The van der Waals surface area contributed by atoms with Crippen molar-refractivity contribution in [1.29, 1.82) is 0 Å². The summed E-state index contributed by atoms with van der Waals surface area (Å²) in [6.07, 6.45) is 2.26. The molecular formula is C19H28FNO5S. The number of hydrogen-bond donors (Lipinski definition) is 0. The Labute approximate surface area is 160 Å². The van der Waals surface area contributed by atoms with Crippen molar-refractivity contribution < 1.29 is 27.1 Å². The van der Waals surface area contributed by atoms with Gasteiger partial charge in [0.05, 0.1) is 23.9 Å². The molecule has 2 rings (SSSR count). The predicted molar refractivity (Wildman–Crippen MR) is 99.7 cm³/mol. The van der Waals surface area contributed by atoms with E-state index in [4.69, 9.17) is 9.47 Å². The van der Waals surface area contributed by atoms with E-state index in [0.717, 1.165) is 25.0 Å². The number of hydrogen-bond acceptors (Lipinski definition) is 5. The van der Waals surface area contributed by atoms with Crippen molar-refractivity contribution >= 4 is 15.7 Å². The highest BCUT2D eigenvalue weighted by Gasteiger charge is 2.23. The molecule has 0 aliphatic carbocycles. The van der Waals surface area contributed by atoms with E-state index in [1.54, 1.807) is 12.0 Å². The minimum absolute atomic E-state index is 0.0111. The van der Waals surface area contributed by atoms with E-state index in [0.29, 0.717) is 38.8 Å². The highest BCUT2D eigenvalue weighted by molar-refractivity contribution is 7.91. The molecule has 1 aliphatic heterocycles. The van der Waals surface area contributed by atoms with E-state index in [1.807, 2.05) is 0 Å². The van der Waals surface area contributed by atoms with Gasteiger partial charge in [0.25, 0.3) is 0 Å². The third kappa shape index (κ3) is 7.20. The van der Waals surface area contributed by atoms with E-state index in [2.05, 4.69) is 0 Å². The SMILES string of the molecule is COCCOCC1CCN(C(=O)CCCS(=O)(=O)c2ccc(F)cc2)CC1. The Hall–Kier alpha value is -1.51. The predicted octanol–water partition coefficient (Wildman–Crippen LogP) is 2.28. The van der Waals surface area contributed by atoms with Crippen LogP contribution in [0.3, 0.4) is 0 Å². The van der Waals surface area contributed by atoms with Crippen molar-refractivity contribution in [1.82, 2.24) is 4.90 Å². The summed E-state index contributed by atoms with van der Waals surface area (Å²) in [6, 6.07) is 4.76. The Bertz CT molecular complexity index is 685. The molecule has 1 aromatic carbocycles. The van der Waals surface area contributed by atoms with Crippen LogP contribution in [0.1, 0.15) is 25.7 Å². The van der Waals surface area contributed by atoms with Gasteiger partial charge in [0.15, 0.2) is 9.84 Å². The molecule has 0 saturated carbocycles. The van der Waals surface area contributed by atoms with Gasteiger partial charge in [-0.25, -0.2) is 12.8 Å². The van der Waals surface area contributed by atoms with Gasteiger partial charge in [0, 0.05) is 33.2 Å². The number of halogens is 1. The molecule has 0 spiro atoms. The van der Waals surface area contributed by atoms with Gasteiger partial charge in [0.2, 0.25) is 5.91 Å². The van der Waals surface area contributed by atoms with E-state index < -0.39 is 15.7 Å². The maximum absolute atomic E-state index is 12.9. The zero-order valence-corrected chi connectivity index (χ0v) is 16.5. The summed E-state index contributed by atoms with van der Waals surface area (Å²) >= 11 is 0. The van der Waals surface area contributed by atoms with E-state index in [1.165, 1.54) is 12.1 Å². The van der Waals surface area contributed by atoms with Crippen molar-refractivity contribution in [2.45, 2.75) is 30.6 Å². The highest BCUT2D eigenvalue weighted by atomic mass is 32.2. The second kappa shape index (κ2) is 10.7. The molecule has 0 aromatic heterocycles. The number of ether oxygens (including phenoxy) is 2. The van der Waals surface area contributed by atoms with Crippen molar-refractivity contribution in [3.63, 3.8) is 0 Å². The maximum Gasteiger partial charge on any atom is 0.222 e. The summed E-state index contributed by atoms with van der Waals surface area (Å²) in [6.45, 7) is 3.21. The molecular weight excluding hydrogens is 373 g/mol. The summed E-state index contributed by atoms with van der Waals surface area (Å²) in [5.41, 5.74) is 0. The Morgan fingerprint density at radius 1 is 1.19 bits per heavy atom. The third-order valence-corrected chi connectivity index (χ3v) is 6.55. The van der Waals surface area contributed by atoms with E-state index >= 15 is 0 Å². The lowest BCUT2D eigenvalue weighted by Gasteiger charge is -2.32. The highest BCUT2D eigenvalue weighted by Crippen LogP contribution is 2.19. The zero-order chi connectivity index (χ0) is 19.7. The number of likely N-dealkylation sites (tertiary alicyclic amines) is 1. The van der Waals surface area contributed by atoms with Crippen LogP contribution in [-0.4, -0.2) is 65.0 Å². The molecule has 1 amide bonds. The number of piperidine rings is 1. The van der Waals surface area contributed by atoms with Gasteiger partial charge in [-0.3, -0.25) is 4.79 Å². The summed E-state index contributed by atoms with van der Waals surface area (Å²) in [4.78, 5) is 14.2. The van der Waals surface area contributed by atoms with Crippen LogP contribution in [0.2, 0.25) is 0 Å². The Kier molecular flexibility index (Phi) is 8.66. The van der Waals surface area contributed by atoms with Crippen LogP contribution in [-0.2, 0) is 24.1 Å². The average molecular weight is 402 g/mol. The third-order valence-electron chi connectivity index (χ3n) is 4.73. The molecule has 1 heterocycles. The molecule has 0 N–H and O–H groups in total. The van der Waals surface area contributed by atoms with Crippen molar-refractivity contribution in [2.75, 3.05) is 45.8 Å². The smallest absolute Gasteiger partial charge is 0.222 e. The molecule has 0 atom stereocenters. The Balaban J connectivity index is 1.68. The minimum Gasteiger partial charge on any atom is -0.382 e. The maximum atomic E-state index is 12.9. The normalized spacial score (nSPS) is 15.9. The largest absolute Gasteiger partial charge is 0.382 e. The molecule has 1 aromatic rings. The van der Waals surface area contributed by atoms with Crippen LogP contribution in [0.25, 0.3) is 0 Å². The second-order valence-electron chi connectivity index (χ2n) is 6.77. The van der Waals surface area contributed by atoms with Crippen molar-refractivity contribution in [3.05, 3.63) is 30.1 Å². The first-order valence-electron chi connectivity index (χ1n) is 9.25. The van der Waals surface area contributed by atoms with Crippen molar-refractivity contribution in [2.24, 2.45) is 5.92 Å². The standard InChI is InChI=1S/C19H28FNO5S/c1-25-12-13-26-15-16-8-10-21(11-9-16)19(22)3-2-14-27(23,24)18-6-4-17(20)5-7-18/h4-7,16H,2-3,8-15H2,1H3. The minimum atomic E-state index is -3.49. The summed E-state index contributed by atoms with van der Waals surface area (Å²) in [5, 5.41) is 0. The summed E-state index contributed by atoms with van der Waals surface area (Å²) < 4.78 is 47.8. The van der Waals surface area contributed by atoms with Crippen LogP contribution in [0.15, 0.2) is 29.2 Å². The first-order valence-corrected chi connectivity index (χ1v) is 10.9. The fourth-order valence-corrected chi connectivity index (χ4v) is 4.38. The van der Waals surface area contributed by atoms with Gasteiger partial charge in [0.1, 0.15) is 5.82 Å². The number of amides is 1. The number of benzene rings is 1. The first-order chi connectivity index (χ1) is 12.9. The van der Waals surface area contributed by atoms with Crippen LogP contribution in [0.5, 0.6) is 0 Å². The monoisotopic (exact) mass is 401 g/mol. The number of sulfone groups is 1. The average Bonchev–Trinajstić information content (AvgIpc) is 2.66. The summed E-state index contributed by atoms with van der Waals surface area (Å²) in [7, 11) is -1.85. The summed E-state index contributed by atoms with van der Waals surface area (Å²) in [5.74, 6) is -0.154. The lowest BCUT2D eigenvalue weighted by molar-refractivity contribution is -0.132. The van der Waals surface area contributed by atoms with Crippen LogP contribution in [0.4, 0.5) is 4.39 Å². The number of carbonyl (C=O) groups excluding carboxylic acids is 1. The molecule has 0 unspecified atom stereocenters. The van der Waals surface area contributed by atoms with Crippen LogP contribution in [0, 0.1) is 11.7 Å². The van der Waals surface area contributed by atoms with Gasteiger partial charge in [-0.1, -0.05) is 0 Å². The molecule has 27 heavy (non-hydrogen) atoms. The van der Waals surface area contributed by atoms with Gasteiger partial charge >= 0.3 is 0 Å². The zero-order valence-electron chi connectivity index (χ0n) is 15.7. The van der Waals surface area contributed by atoms with E-state index in [9.17, 15) is 17.6 Å². The molecule has 1 aliphatic rings. The van der Waals surface area contributed by atoms with Gasteiger partial charge < -0.3 is 14.4 Å². The molecule has 1 saturated heterocycles. The van der Waals surface area contributed by atoms with Crippen LogP contribution >= 0.6 is 0 Å². The molecule has 6 nitrogen and oxygen atoms in total. The van der Waals surface area contributed by atoms with Crippen LogP contribution < -0.4 is 0 Å². The molecule has 152 valence electrons. The van der Waals surface area contributed by atoms with E-state index in [-0.39, 0.29) is 29.4 Å². The van der Waals surface area contributed by atoms with Gasteiger partial charge in [-0.15, -0.1) is 0 Å². The second-order valence-corrected chi connectivity index (χ2v) is 8.88. The Morgan fingerprint density at radius 2 is 1.85 bits per heavy atom. The fraction of sp³-hybridized carbons (Fsp3) is 0.632. The van der Waals surface area contributed by atoms with Crippen molar-refractivity contribution in [3.8, 4) is 0 Å². The van der Waals surface area contributed by atoms with Gasteiger partial charge in [-0.2, -0.15) is 0 Å². The molecule has 8 heteroatoms. The fourth-order valence-electron chi connectivity index (χ4n) is 3.07. The molecule has 1 fully saturated rings. The number of rotatable bonds is 10. The lowest BCUT2D eigenvalue weighted by atomic mass is 9.97.